The Bertz CT molecular complexity index is 360. The molecule has 1 rings (SSSR count). The largest absolute Gasteiger partial charge is 0.388 e. The maximum absolute atomic E-state index is 10.8. The molecule has 0 radical (unpaired) electrons. The van der Waals surface area contributed by atoms with E-state index >= 15 is 0 Å². The highest BCUT2D eigenvalue weighted by atomic mass is 16.3. The van der Waals surface area contributed by atoms with Crippen LogP contribution in [0.25, 0.3) is 0 Å². The van der Waals surface area contributed by atoms with Crippen LogP contribution in [-0.4, -0.2) is 11.2 Å². The number of aliphatic hydroxyl groups excluding tert-OH is 1. The quantitative estimate of drug-likeness (QED) is 0.663. The van der Waals surface area contributed by atoms with E-state index in [0.29, 0.717) is 0 Å². The first-order valence-corrected chi connectivity index (χ1v) is 6.49. The van der Waals surface area contributed by atoms with E-state index in [1.165, 1.54) is 5.57 Å². The fraction of sp³-hybridized carbons (Fsp3) is 0.750. The molecule has 2 unspecified atom stereocenters. The molecular weight excluding hydrogens is 208 g/mol. The van der Waals surface area contributed by atoms with Gasteiger partial charge in [-0.25, -0.2) is 0 Å². The number of hydrogen-bond donors (Lipinski definition) is 1. The van der Waals surface area contributed by atoms with Crippen LogP contribution in [0.5, 0.6) is 0 Å². The SMILES string of the molecule is CC1=CC(C)(C(C)(C)C)C(O)C(C(C)(C)C)=C1. The van der Waals surface area contributed by atoms with Crippen LogP contribution in [0.3, 0.4) is 0 Å². The lowest BCUT2D eigenvalue weighted by Crippen LogP contribution is -2.46. The van der Waals surface area contributed by atoms with Crippen molar-refractivity contribution in [1.29, 1.82) is 0 Å². The summed E-state index contributed by atoms with van der Waals surface area (Å²) in [5.41, 5.74) is 2.27. The van der Waals surface area contributed by atoms with E-state index in [2.05, 4.69) is 67.5 Å². The second kappa shape index (κ2) is 3.98. The number of hydrogen-bond acceptors (Lipinski definition) is 1. The van der Waals surface area contributed by atoms with Crippen molar-refractivity contribution in [3.8, 4) is 0 Å². The summed E-state index contributed by atoms with van der Waals surface area (Å²) in [6.45, 7) is 17.4. The summed E-state index contributed by atoms with van der Waals surface area (Å²) in [6, 6.07) is 0. The van der Waals surface area contributed by atoms with Crippen LogP contribution in [0.2, 0.25) is 0 Å². The Morgan fingerprint density at radius 1 is 1.12 bits per heavy atom. The molecule has 1 N–H and O–H groups in total. The molecule has 0 bridgehead atoms. The zero-order chi connectivity index (χ0) is 13.6. The molecule has 98 valence electrons. The molecule has 1 nitrogen and oxygen atoms in total. The second-order valence-corrected chi connectivity index (χ2v) is 7.67. The first-order valence-electron chi connectivity index (χ1n) is 6.49. The van der Waals surface area contributed by atoms with E-state index in [4.69, 9.17) is 0 Å². The summed E-state index contributed by atoms with van der Waals surface area (Å²) in [5.74, 6) is 0. The molecule has 0 fully saturated rings. The maximum Gasteiger partial charge on any atom is 0.0851 e. The average molecular weight is 236 g/mol. The molecule has 0 aliphatic heterocycles. The topological polar surface area (TPSA) is 20.2 Å². The first kappa shape index (κ1) is 14.5. The molecule has 0 saturated carbocycles. The van der Waals surface area contributed by atoms with E-state index in [0.717, 1.165) is 5.57 Å². The maximum atomic E-state index is 10.8. The molecule has 1 aliphatic carbocycles. The lowest BCUT2D eigenvalue weighted by Gasteiger charge is -2.48. The van der Waals surface area contributed by atoms with Gasteiger partial charge in [-0.3, -0.25) is 0 Å². The molecule has 0 spiro atoms. The Kier molecular flexibility index (Phi) is 3.40. The molecule has 0 aromatic carbocycles. The van der Waals surface area contributed by atoms with E-state index in [1.807, 2.05) is 0 Å². The highest BCUT2D eigenvalue weighted by Crippen LogP contribution is 2.50. The predicted octanol–water partition coefficient (Wildman–Crippen LogP) is 4.33. The fourth-order valence-corrected chi connectivity index (χ4v) is 2.49. The van der Waals surface area contributed by atoms with Crippen LogP contribution in [0, 0.1) is 16.2 Å². The lowest BCUT2D eigenvalue weighted by atomic mass is 9.58. The lowest BCUT2D eigenvalue weighted by molar-refractivity contribution is 0.00656. The molecule has 1 heteroatoms. The summed E-state index contributed by atoms with van der Waals surface area (Å²) >= 11 is 0. The predicted molar refractivity (Wildman–Crippen MR) is 74.9 cm³/mol. The van der Waals surface area contributed by atoms with Gasteiger partial charge in [-0.05, 0) is 23.3 Å². The number of allylic oxidation sites excluding steroid dienone is 2. The minimum Gasteiger partial charge on any atom is -0.388 e. The van der Waals surface area contributed by atoms with Crippen LogP contribution in [0.15, 0.2) is 23.3 Å². The summed E-state index contributed by atoms with van der Waals surface area (Å²) < 4.78 is 0. The van der Waals surface area contributed by atoms with Crippen LogP contribution in [-0.2, 0) is 0 Å². The fourth-order valence-electron chi connectivity index (χ4n) is 2.49. The van der Waals surface area contributed by atoms with Gasteiger partial charge in [0.2, 0.25) is 0 Å². The molecule has 0 amide bonds. The Labute approximate surface area is 107 Å². The zero-order valence-corrected chi connectivity index (χ0v) is 12.7. The van der Waals surface area contributed by atoms with Gasteiger partial charge >= 0.3 is 0 Å². The van der Waals surface area contributed by atoms with Crippen LogP contribution in [0.4, 0.5) is 0 Å². The van der Waals surface area contributed by atoms with E-state index < -0.39 is 6.10 Å². The van der Waals surface area contributed by atoms with Gasteiger partial charge in [-0.1, -0.05) is 66.2 Å². The van der Waals surface area contributed by atoms with Gasteiger partial charge in [0.25, 0.3) is 0 Å². The minimum absolute atomic E-state index is 0.0153. The van der Waals surface area contributed by atoms with E-state index in [1.54, 1.807) is 0 Å². The molecule has 0 aromatic heterocycles. The Morgan fingerprint density at radius 2 is 1.59 bits per heavy atom. The Morgan fingerprint density at radius 3 is 1.94 bits per heavy atom. The monoisotopic (exact) mass is 236 g/mol. The molecule has 2 atom stereocenters. The van der Waals surface area contributed by atoms with Gasteiger partial charge in [-0.15, -0.1) is 0 Å². The van der Waals surface area contributed by atoms with E-state index in [9.17, 15) is 5.11 Å². The summed E-state index contributed by atoms with van der Waals surface area (Å²) in [5, 5.41) is 10.8. The Hall–Kier alpha value is -0.560. The first-order chi connectivity index (χ1) is 7.39. The van der Waals surface area contributed by atoms with Crippen molar-refractivity contribution >= 4 is 0 Å². The van der Waals surface area contributed by atoms with Gasteiger partial charge in [0.15, 0.2) is 0 Å². The van der Waals surface area contributed by atoms with Gasteiger partial charge in [0.1, 0.15) is 0 Å². The molecule has 1 aliphatic rings. The van der Waals surface area contributed by atoms with Crippen molar-refractivity contribution in [3.63, 3.8) is 0 Å². The molecule has 0 aromatic rings. The average Bonchev–Trinajstić information content (AvgIpc) is 2.07. The van der Waals surface area contributed by atoms with Crippen molar-refractivity contribution in [3.05, 3.63) is 23.3 Å². The van der Waals surface area contributed by atoms with Crippen molar-refractivity contribution in [2.45, 2.75) is 61.5 Å². The van der Waals surface area contributed by atoms with Crippen molar-refractivity contribution < 1.29 is 5.11 Å². The van der Waals surface area contributed by atoms with Gasteiger partial charge in [-0.2, -0.15) is 0 Å². The number of rotatable bonds is 0. The third-order valence-corrected chi connectivity index (χ3v) is 4.26. The van der Waals surface area contributed by atoms with Gasteiger partial charge in [0, 0.05) is 5.41 Å². The smallest absolute Gasteiger partial charge is 0.0851 e. The summed E-state index contributed by atoms with van der Waals surface area (Å²) in [6.07, 6.45) is 3.98. The van der Waals surface area contributed by atoms with Gasteiger partial charge < -0.3 is 5.11 Å². The molecular formula is C16H28O. The highest BCUT2D eigenvalue weighted by molar-refractivity contribution is 5.38. The van der Waals surface area contributed by atoms with Crippen LogP contribution in [0.1, 0.15) is 55.4 Å². The minimum atomic E-state index is -0.397. The summed E-state index contributed by atoms with van der Waals surface area (Å²) in [7, 11) is 0. The third kappa shape index (κ3) is 2.49. The van der Waals surface area contributed by atoms with Crippen molar-refractivity contribution in [2.75, 3.05) is 0 Å². The standard InChI is InChI=1S/C16H28O/c1-11-9-12(14(2,3)4)13(17)16(8,10-11)15(5,6)7/h9-10,13,17H,1-8H3. The molecule has 17 heavy (non-hydrogen) atoms. The van der Waals surface area contributed by atoms with Crippen LogP contribution < -0.4 is 0 Å². The van der Waals surface area contributed by atoms with E-state index in [-0.39, 0.29) is 16.2 Å². The Balaban J connectivity index is 3.32. The van der Waals surface area contributed by atoms with Crippen molar-refractivity contribution in [1.82, 2.24) is 0 Å². The third-order valence-electron chi connectivity index (χ3n) is 4.26. The normalized spacial score (nSPS) is 31.0. The van der Waals surface area contributed by atoms with Crippen molar-refractivity contribution in [2.24, 2.45) is 16.2 Å². The van der Waals surface area contributed by atoms with Gasteiger partial charge in [0.05, 0.1) is 6.10 Å². The molecule has 0 heterocycles. The highest BCUT2D eigenvalue weighted by Gasteiger charge is 2.46. The zero-order valence-electron chi connectivity index (χ0n) is 12.7. The number of aliphatic hydroxyl groups is 1. The summed E-state index contributed by atoms with van der Waals surface area (Å²) in [4.78, 5) is 0. The van der Waals surface area contributed by atoms with Crippen LogP contribution >= 0.6 is 0 Å². The molecule has 0 saturated heterocycles. The second-order valence-electron chi connectivity index (χ2n) is 7.67.